The zero-order chi connectivity index (χ0) is 21.7. The predicted octanol–water partition coefficient (Wildman–Crippen LogP) is 1.01. The van der Waals surface area contributed by atoms with E-state index >= 15 is 0 Å². The van der Waals surface area contributed by atoms with Gasteiger partial charge in [0.2, 0.25) is 5.82 Å². The fraction of sp³-hybridized carbons (Fsp3) is 0.158. The zero-order valence-electron chi connectivity index (χ0n) is 15.5. The number of nitrogens with zero attached hydrogens (tertiary/aromatic N) is 2. The first kappa shape index (κ1) is 21.2. The third-order valence-electron chi connectivity index (χ3n) is 4.14. The summed E-state index contributed by atoms with van der Waals surface area (Å²) in [6.07, 6.45) is -1.73. The van der Waals surface area contributed by atoms with Crippen molar-refractivity contribution in [1.82, 2.24) is 25.6 Å². The molecule has 0 aliphatic carbocycles. The highest BCUT2D eigenvalue weighted by molar-refractivity contribution is 6.30. The second-order valence-corrected chi connectivity index (χ2v) is 6.85. The van der Waals surface area contributed by atoms with Crippen LogP contribution >= 0.6 is 11.6 Å². The SMILES string of the molecule is O=C(NN(Cc1ccc(-c2cccc(Cl)c2)cc1)CC(O)C(=O)O)c1n[nH]c(=O)[nH]1. The molecule has 11 heteroatoms. The van der Waals surface area contributed by atoms with Gasteiger partial charge in [0.1, 0.15) is 0 Å². The molecule has 0 fully saturated rings. The van der Waals surface area contributed by atoms with E-state index in [2.05, 4.69) is 20.6 Å². The van der Waals surface area contributed by atoms with Gasteiger partial charge in [-0.25, -0.2) is 19.7 Å². The number of aliphatic hydroxyl groups is 1. The minimum absolute atomic E-state index is 0.0978. The molecule has 0 bridgehead atoms. The van der Waals surface area contributed by atoms with Gasteiger partial charge in [-0.3, -0.25) is 15.2 Å². The summed E-state index contributed by atoms with van der Waals surface area (Å²) in [6, 6.07) is 14.7. The number of aliphatic carboxylic acids is 1. The Morgan fingerprint density at radius 2 is 1.90 bits per heavy atom. The van der Waals surface area contributed by atoms with E-state index in [1.54, 1.807) is 18.2 Å². The lowest BCUT2D eigenvalue weighted by molar-refractivity contribution is -0.148. The van der Waals surface area contributed by atoms with Gasteiger partial charge in [0.25, 0.3) is 0 Å². The maximum Gasteiger partial charge on any atom is 0.341 e. The first-order valence-corrected chi connectivity index (χ1v) is 9.16. The molecule has 5 N–H and O–H groups in total. The molecule has 1 aromatic heterocycles. The van der Waals surface area contributed by atoms with Gasteiger partial charge in [-0.2, -0.15) is 0 Å². The van der Waals surface area contributed by atoms with Crippen LogP contribution in [0.15, 0.2) is 53.3 Å². The normalized spacial score (nSPS) is 12.0. The number of aromatic amines is 2. The molecule has 3 aromatic rings. The monoisotopic (exact) mass is 431 g/mol. The van der Waals surface area contributed by atoms with Crippen molar-refractivity contribution in [1.29, 1.82) is 0 Å². The van der Waals surface area contributed by atoms with Gasteiger partial charge < -0.3 is 10.2 Å². The molecule has 0 spiro atoms. The van der Waals surface area contributed by atoms with Crippen molar-refractivity contribution >= 4 is 23.5 Å². The average Bonchev–Trinajstić information content (AvgIpc) is 3.15. The minimum atomic E-state index is -1.73. The highest BCUT2D eigenvalue weighted by Gasteiger charge is 2.21. The molecule has 30 heavy (non-hydrogen) atoms. The molecule has 1 heterocycles. The Morgan fingerprint density at radius 1 is 1.17 bits per heavy atom. The third kappa shape index (κ3) is 5.54. The number of carbonyl (C=O) groups excluding carboxylic acids is 1. The lowest BCUT2D eigenvalue weighted by Gasteiger charge is -2.24. The van der Waals surface area contributed by atoms with Crippen LogP contribution in [0.5, 0.6) is 0 Å². The Balaban J connectivity index is 1.75. The molecule has 3 rings (SSSR count). The van der Waals surface area contributed by atoms with Crippen LogP contribution in [-0.2, 0) is 11.3 Å². The van der Waals surface area contributed by atoms with E-state index in [1.165, 1.54) is 5.01 Å². The number of hydrogen-bond donors (Lipinski definition) is 5. The molecule has 0 saturated heterocycles. The van der Waals surface area contributed by atoms with Crippen LogP contribution in [0.1, 0.15) is 16.2 Å². The van der Waals surface area contributed by atoms with Crippen molar-refractivity contribution in [2.45, 2.75) is 12.6 Å². The minimum Gasteiger partial charge on any atom is -0.479 e. The standard InChI is InChI=1S/C19H18ClN5O5/c20-14-3-1-2-13(8-14)12-6-4-11(5-7-12)9-25(10-15(26)18(28)29)24-17(27)16-21-19(30)23-22-16/h1-8,15,26H,9-10H2,(H,24,27)(H,28,29)(H2,21,22,23,30). The number of amides is 1. The van der Waals surface area contributed by atoms with E-state index in [1.807, 2.05) is 30.3 Å². The van der Waals surface area contributed by atoms with Gasteiger partial charge in [-0.1, -0.05) is 48.0 Å². The lowest BCUT2D eigenvalue weighted by atomic mass is 10.0. The Bertz CT molecular complexity index is 1090. The van der Waals surface area contributed by atoms with Crippen LogP contribution in [0.3, 0.4) is 0 Å². The first-order chi connectivity index (χ1) is 14.3. The van der Waals surface area contributed by atoms with E-state index in [4.69, 9.17) is 16.7 Å². The fourth-order valence-corrected chi connectivity index (χ4v) is 2.89. The predicted molar refractivity (Wildman–Crippen MR) is 108 cm³/mol. The van der Waals surface area contributed by atoms with Gasteiger partial charge in [0.05, 0.1) is 6.54 Å². The summed E-state index contributed by atoms with van der Waals surface area (Å²) in [4.78, 5) is 36.6. The second kappa shape index (κ2) is 9.35. The summed E-state index contributed by atoms with van der Waals surface area (Å²) in [5, 5.41) is 26.1. The molecule has 156 valence electrons. The molecule has 1 amide bonds. The summed E-state index contributed by atoms with van der Waals surface area (Å²) in [5.41, 5.74) is 4.38. The van der Waals surface area contributed by atoms with E-state index in [0.717, 1.165) is 16.7 Å². The number of carbonyl (C=O) groups is 2. The van der Waals surface area contributed by atoms with Crippen molar-refractivity contribution in [3.63, 3.8) is 0 Å². The number of H-pyrrole nitrogens is 2. The van der Waals surface area contributed by atoms with E-state index < -0.39 is 23.7 Å². The van der Waals surface area contributed by atoms with Gasteiger partial charge >= 0.3 is 17.6 Å². The number of carboxylic acids is 1. The third-order valence-corrected chi connectivity index (χ3v) is 4.37. The molecule has 0 aliphatic heterocycles. The molecule has 1 unspecified atom stereocenters. The van der Waals surface area contributed by atoms with E-state index in [-0.39, 0.29) is 18.9 Å². The highest BCUT2D eigenvalue weighted by atomic mass is 35.5. The van der Waals surface area contributed by atoms with Crippen molar-refractivity contribution in [2.24, 2.45) is 0 Å². The summed E-state index contributed by atoms with van der Waals surface area (Å²) >= 11 is 6.02. The smallest absolute Gasteiger partial charge is 0.341 e. The highest BCUT2D eigenvalue weighted by Crippen LogP contribution is 2.23. The number of nitrogens with one attached hydrogen (secondary N) is 3. The van der Waals surface area contributed by atoms with Crippen molar-refractivity contribution in [3.05, 3.63) is 75.4 Å². The average molecular weight is 432 g/mol. The maximum absolute atomic E-state index is 12.2. The summed E-state index contributed by atoms with van der Waals surface area (Å²) in [5.74, 6) is -2.47. The number of benzene rings is 2. The lowest BCUT2D eigenvalue weighted by Crippen LogP contribution is -2.47. The Morgan fingerprint density at radius 3 is 2.50 bits per heavy atom. The summed E-state index contributed by atoms with van der Waals surface area (Å²) in [7, 11) is 0. The van der Waals surface area contributed by atoms with Crippen LogP contribution in [0.2, 0.25) is 5.02 Å². The van der Waals surface area contributed by atoms with E-state index in [0.29, 0.717) is 5.02 Å². The number of hydrazine groups is 1. The Kier molecular flexibility index (Phi) is 6.62. The van der Waals surface area contributed by atoms with Gasteiger partial charge in [-0.15, -0.1) is 5.10 Å². The largest absolute Gasteiger partial charge is 0.479 e. The molecule has 10 nitrogen and oxygen atoms in total. The van der Waals surface area contributed by atoms with Crippen molar-refractivity contribution in [3.8, 4) is 11.1 Å². The topological polar surface area (TPSA) is 151 Å². The number of aromatic nitrogens is 3. The summed E-state index contributed by atoms with van der Waals surface area (Å²) < 4.78 is 0. The zero-order valence-corrected chi connectivity index (χ0v) is 16.3. The van der Waals surface area contributed by atoms with Crippen LogP contribution < -0.4 is 11.1 Å². The van der Waals surface area contributed by atoms with Crippen LogP contribution in [-0.4, -0.2) is 54.9 Å². The number of rotatable bonds is 8. The molecular formula is C19H18ClN5O5. The molecule has 0 saturated carbocycles. The van der Waals surface area contributed by atoms with Gasteiger partial charge in [0, 0.05) is 11.6 Å². The van der Waals surface area contributed by atoms with Crippen LogP contribution in [0.4, 0.5) is 0 Å². The second-order valence-electron chi connectivity index (χ2n) is 6.41. The van der Waals surface area contributed by atoms with Gasteiger partial charge in [0.15, 0.2) is 6.10 Å². The van der Waals surface area contributed by atoms with Crippen molar-refractivity contribution < 1.29 is 19.8 Å². The molecule has 1 atom stereocenters. The number of hydrogen-bond acceptors (Lipinski definition) is 6. The Hall–Kier alpha value is -3.47. The fourth-order valence-electron chi connectivity index (χ4n) is 2.70. The molecule has 0 radical (unpaired) electrons. The number of aliphatic hydroxyl groups excluding tert-OH is 1. The molecular weight excluding hydrogens is 414 g/mol. The molecule has 0 aliphatic rings. The maximum atomic E-state index is 12.2. The Labute approximate surface area is 175 Å². The molecule has 2 aromatic carbocycles. The van der Waals surface area contributed by atoms with E-state index in [9.17, 15) is 19.5 Å². The quantitative estimate of drug-likeness (QED) is 0.334. The first-order valence-electron chi connectivity index (χ1n) is 8.78. The van der Waals surface area contributed by atoms with Crippen molar-refractivity contribution in [2.75, 3.05) is 6.54 Å². The van der Waals surface area contributed by atoms with Crippen LogP contribution in [0.25, 0.3) is 11.1 Å². The number of carboxylic acid groups (broad SMARTS) is 1. The van der Waals surface area contributed by atoms with Gasteiger partial charge in [-0.05, 0) is 28.8 Å². The summed E-state index contributed by atoms with van der Waals surface area (Å²) in [6.45, 7) is -0.285. The van der Waals surface area contributed by atoms with Crippen LogP contribution in [0, 0.1) is 0 Å². The number of halogens is 1.